The predicted octanol–water partition coefficient (Wildman–Crippen LogP) is 1.19. The van der Waals surface area contributed by atoms with Crippen LogP contribution in [0, 0.1) is 20.8 Å². The van der Waals surface area contributed by atoms with Crippen molar-refractivity contribution in [1.29, 1.82) is 0 Å². The van der Waals surface area contributed by atoms with Gasteiger partial charge in [-0.15, -0.1) is 0 Å². The molecule has 0 aliphatic heterocycles. The van der Waals surface area contributed by atoms with Crippen LogP contribution in [0.4, 0.5) is 5.82 Å². The maximum absolute atomic E-state index is 12.4. The summed E-state index contributed by atoms with van der Waals surface area (Å²) in [6.07, 6.45) is 2.98. The molecule has 0 saturated carbocycles. The van der Waals surface area contributed by atoms with E-state index in [0.717, 1.165) is 11.4 Å². The molecule has 0 unspecified atom stereocenters. The fourth-order valence-corrected chi connectivity index (χ4v) is 3.84. The van der Waals surface area contributed by atoms with E-state index in [1.807, 2.05) is 26.8 Å². The van der Waals surface area contributed by atoms with E-state index in [-0.39, 0.29) is 11.6 Å². The Kier molecular flexibility index (Phi) is 5.75. The quantitative estimate of drug-likeness (QED) is 0.541. The second-order valence-corrected chi connectivity index (χ2v) is 8.05. The van der Waals surface area contributed by atoms with Crippen LogP contribution in [0.2, 0.25) is 0 Å². The Morgan fingerprint density at radius 2 is 1.89 bits per heavy atom. The second kappa shape index (κ2) is 8.07. The molecule has 3 aromatic rings. The number of rotatable bonds is 8. The zero-order valence-corrected chi connectivity index (χ0v) is 17.2. The van der Waals surface area contributed by atoms with Gasteiger partial charge in [0.05, 0.1) is 5.69 Å². The van der Waals surface area contributed by atoms with Gasteiger partial charge in [0.1, 0.15) is 18.0 Å². The summed E-state index contributed by atoms with van der Waals surface area (Å²) in [4.78, 5) is 12.5. The van der Waals surface area contributed by atoms with E-state index in [9.17, 15) is 8.42 Å². The maximum atomic E-state index is 12.4. The third kappa shape index (κ3) is 4.37. The molecule has 3 aromatic heterocycles. The Morgan fingerprint density at radius 3 is 2.54 bits per heavy atom. The van der Waals surface area contributed by atoms with E-state index in [4.69, 9.17) is 0 Å². The molecule has 0 radical (unpaired) electrons. The van der Waals surface area contributed by atoms with Gasteiger partial charge in [-0.1, -0.05) is 0 Å². The van der Waals surface area contributed by atoms with E-state index < -0.39 is 10.0 Å². The fraction of sp³-hybridized carbons (Fsp3) is 0.412. The number of nitrogens with one attached hydrogen (secondary N) is 2. The maximum Gasteiger partial charge on any atom is 0.259 e. The first-order valence-electron chi connectivity index (χ1n) is 8.93. The summed E-state index contributed by atoms with van der Waals surface area (Å²) in [5.41, 5.74) is 1.87. The summed E-state index contributed by atoms with van der Waals surface area (Å²) < 4.78 is 30.8. The van der Waals surface area contributed by atoms with Crippen LogP contribution in [0.3, 0.4) is 0 Å². The van der Waals surface area contributed by atoms with Gasteiger partial charge in [0.15, 0.2) is 10.8 Å². The lowest BCUT2D eigenvalue weighted by Crippen LogP contribution is -2.29. The van der Waals surface area contributed by atoms with Gasteiger partial charge in [-0.05, 0) is 33.8 Å². The molecule has 0 saturated heterocycles. The number of hydrogen-bond acceptors (Lipinski definition) is 7. The molecule has 0 aromatic carbocycles. The molecule has 0 fully saturated rings. The highest BCUT2D eigenvalue weighted by Crippen LogP contribution is 2.12. The number of nitrogens with zero attached hydrogens (tertiary/aromatic N) is 6. The number of imidazole rings is 1. The lowest BCUT2D eigenvalue weighted by Gasteiger charge is -2.08. The molecule has 0 spiro atoms. The van der Waals surface area contributed by atoms with E-state index in [2.05, 4.69) is 30.1 Å². The van der Waals surface area contributed by atoms with E-state index in [0.29, 0.717) is 30.5 Å². The molecule has 3 rings (SSSR count). The standard InChI is InChI=1S/C17H24N8O2S/c1-5-24-10-17(22-14(24)4)28(26,27)21-7-6-18-15-9-16(20-11-19-15)25-13(3)8-12(2)23-25/h8-11,21H,5-7H2,1-4H3,(H,18,19,20). The molecule has 2 N–H and O–H groups in total. The molecule has 0 amide bonds. The van der Waals surface area contributed by atoms with Crippen molar-refractivity contribution >= 4 is 15.8 Å². The van der Waals surface area contributed by atoms with E-state index in [1.54, 1.807) is 22.2 Å². The van der Waals surface area contributed by atoms with Gasteiger partial charge in [0.25, 0.3) is 10.0 Å². The topological polar surface area (TPSA) is 120 Å². The summed E-state index contributed by atoms with van der Waals surface area (Å²) in [6.45, 7) is 8.80. The average molecular weight is 405 g/mol. The molecule has 0 bridgehead atoms. The molecule has 11 heteroatoms. The van der Waals surface area contributed by atoms with Crippen molar-refractivity contribution in [3.05, 3.63) is 41.9 Å². The van der Waals surface area contributed by atoms with Crippen molar-refractivity contribution in [3.8, 4) is 5.82 Å². The fourth-order valence-electron chi connectivity index (χ4n) is 2.80. The van der Waals surface area contributed by atoms with Crippen molar-refractivity contribution in [3.63, 3.8) is 0 Å². The summed E-state index contributed by atoms with van der Waals surface area (Å²) in [5.74, 6) is 1.89. The van der Waals surface area contributed by atoms with Crippen LogP contribution in [0.1, 0.15) is 24.1 Å². The van der Waals surface area contributed by atoms with Crippen LogP contribution < -0.4 is 10.0 Å². The van der Waals surface area contributed by atoms with Crippen molar-refractivity contribution < 1.29 is 8.42 Å². The van der Waals surface area contributed by atoms with Crippen molar-refractivity contribution in [2.45, 2.75) is 39.3 Å². The first-order chi connectivity index (χ1) is 13.3. The largest absolute Gasteiger partial charge is 0.369 e. The Hall–Kier alpha value is -2.79. The number of anilines is 1. The van der Waals surface area contributed by atoms with Gasteiger partial charge in [-0.2, -0.15) is 5.10 Å². The molecule has 0 aliphatic carbocycles. The Labute approximate surface area is 164 Å². The molecule has 150 valence electrons. The highest BCUT2D eigenvalue weighted by molar-refractivity contribution is 7.89. The van der Waals surface area contributed by atoms with Crippen LogP contribution >= 0.6 is 0 Å². The van der Waals surface area contributed by atoms with Gasteiger partial charge in [-0.25, -0.2) is 32.8 Å². The summed E-state index contributed by atoms with van der Waals surface area (Å²) >= 11 is 0. The second-order valence-electron chi connectivity index (χ2n) is 6.34. The summed E-state index contributed by atoms with van der Waals surface area (Å²) in [6, 6.07) is 3.73. The lowest BCUT2D eigenvalue weighted by molar-refractivity contribution is 0.579. The number of hydrogen-bond donors (Lipinski definition) is 2. The minimum absolute atomic E-state index is 0.0284. The molecule has 0 atom stereocenters. The average Bonchev–Trinajstić information content (AvgIpc) is 3.21. The zero-order valence-electron chi connectivity index (χ0n) is 16.3. The third-order valence-corrected chi connectivity index (χ3v) is 5.50. The van der Waals surface area contributed by atoms with Crippen LogP contribution in [-0.2, 0) is 16.6 Å². The van der Waals surface area contributed by atoms with Crippen LogP contribution in [0.5, 0.6) is 0 Å². The first kappa shape index (κ1) is 20.0. The number of aryl methyl sites for hydroxylation is 4. The minimum atomic E-state index is -3.65. The van der Waals surface area contributed by atoms with Crippen molar-refractivity contribution in [2.24, 2.45) is 0 Å². The SMILES string of the molecule is CCn1cc(S(=O)(=O)NCCNc2cc(-n3nc(C)cc3C)ncn2)nc1C. The van der Waals surface area contributed by atoms with Gasteiger partial charge in [0, 0.05) is 37.6 Å². The minimum Gasteiger partial charge on any atom is -0.369 e. The highest BCUT2D eigenvalue weighted by Gasteiger charge is 2.18. The normalized spacial score (nSPS) is 11.7. The zero-order chi connectivity index (χ0) is 20.3. The van der Waals surface area contributed by atoms with Crippen LogP contribution in [0.25, 0.3) is 5.82 Å². The highest BCUT2D eigenvalue weighted by atomic mass is 32.2. The lowest BCUT2D eigenvalue weighted by atomic mass is 10.4. The summed E-state index contributed by atoms with van der Waals surface area (Å²) in [7, 11) is -3.65. The molecule has 3 heterocycles. The number of sulfonamides is 1. The van der Waals surface area contributed by atoms with Crippen molar-refractivity contribution in [2.75, 3.05) is 18.4 Å². The smallest absolute Gasteiger partial charge is 0.259 e. The van der Waals surface area contributed by atoms with Crippen LogP contribution in [-0.4, -0.2) is 50.8 Å². The molecular weight excluding hydrogens is 380 g/mol. The first-order valence-corrected chi connectivity index (χ1v) is 10.4. The van der Waals surface area contributed by atoms with E-state index >= 15 is 0 Å². The predicted molar refractivity (Wildman–Crippen MR) is 105 cm³/mol. The number of aromatic nitrogens is 6. The van der Waals surface area contributed by atoms with Gasteiger partial charge < -0.3 is 9.88 Å². The molecule has 0 aliphatic rings. The van der Waals surface area contributed by atoms with Crippen LogP contribution in [0.15, 0.2) is 29.7 Å². The third-order valence-electron chi connectivity index (χ3n) is 4.17. The van der Waals surface area contributed by atoms with Gasteiger partial charge >= 0.3 is 0 Å². The van der Waals surface area contributed by atoms with Gasteiger partial charge in [-0.3, -0.25) is 0 Å². The molecule has 28 heavy (non-hydrogen) atoms. The summed E-state index contributed by atoms with van der Waals surface area (Å²) in [5, 5.41) is 7.51. The Bertz CT molecular complexity index is 1070. The van der Waals surface area contributed by atoms with Gasteiger partial charge in [0.2, 0.25) is 0 Å². The van der Waals surface area contributed by atoms with Crippen molar-refractivity contribution in [1.82, 2.24) is 34.0 Å². The van der Waals surface area contributed by atoms with E-state index in [1.165, 1.54) is 12.5 Å². The Balaban J connectivity index is 1.59. The molecular formula is C17H24N8O2S. The Morgan fingerprint density at radius 1 is 1.11 bits per heavy atom. The monoisotopic (exact) mass is 404 g/mol. The molecule has 10 nitrogen and oxygen atoms in total.